The quantitative estimate of drug-likeness (QED) is 0.464. The van der Waals surface area contributed by atoms with E-state index in [1.807, 2.05) is 37.3 Å². The molecule has 0 bridgehead atoms. The van der Waals surface area contributed by atoms with Gasteiger partial charge in [0.1, 0.15) is 5.76 Å². The molecule has 2 N–H and O–H groups in total. The zero-order valence-electron chi connectivity index (χ0n) is 16.3. The molecule has 0 saturated heterocycles. The van der Waals surface area contributed by atoms with Gasteiger partial charge in [-0.05, 0) is 44.0 Å². The zero-order chi connectivity index (χ0) is 21.1. The van der Waals surface area contributed by atoms with Gasteiger partial charge in [-0.25, -0.2) is 0 Å². The minimum atomic E-state index is -0.445. The third kappa shape index (κ3) is 3.93. The van der Waals surface area contributed by atoms with Crippen molar-refractivity contribution in [2.75, 3.05) is 10.7 Å². The van der Waals surface area contributed by atoms with Gasteiger partial charge in [0, 0.05) is 35.4 Å². The number of anilines is 2. The number of carbonyl (C=O) groups excluding carboxylic acids is 1. The molecule has 0 spiro atoms. The van der Waals surface area contributed by atoms with E-state index in [0.717, 1.165) is 41.9 Å². The highest BCUT2D eigenvalue weighted by atomic mass is 16.6. The predicted octanol–water partition coefficient (Wildman–Crippen LogP) is 4.90. The summed E-state index contributed by atoms with van der Waals surface area (Å²) in [5.41, 5.74) is 6.72. The third-order valence-corrected chi connectivity index (χ3v) is 4.96. The molecule has 1 amide bonds. The van der Waals surface area contributed by atoms with Gasteiger partial charge in [-0.1, -0.05) is 18.2 Å². The molecule has 0 fully saturated rings. The Balaban J connectivity index is 1.57. The van der Waals surface area contributed by atoms with E-state index >= 15 is 0 Å². The van der Waals surface area contributed by atoms with Crippen molar-refractivity contribution in [1.82, 2.24) is 0 Å². The number of nitrogens with one attached hydrogen (secondary N) is 2. The Morgan fingerprint density at radius 3 is 2.50 bits per heavy atom. The summed E-state index contributed by atoms with van der Waals surface area (Å²) in [6.07, 6.45) is 2.35. The highest BCUT2D eigenvalue weighted by molar-refractivity contribution is 6.09. The number of hydrogen-bond acceptors (Lipinski definition) is 6. The van der Waals surface area contributed by atoms with Gasteiger partial charge in [0.15, 0.2) is 5.76 Å². The van der Waals surface area contributed by atoms with Crippen LogP contribution in [-0.4, -0.2) is 16.5 Å². The van der Waals surface area contributed by atoms with E-state index in [1.54, 1.807) is 12.1 Å². The molecule has 2 aromatic carbocycles. The molecule has 3 aromatic rings. The Labute approximate surface area is 172 Å². The maximum atomic E-state index is 12.7. The molecule has 0 radical (unpaired) electrons. The lowest BCUT2D eigenvalue weighted by molar-refractivity contribution is -0.384. The number of nitrogens with zero attached hydrogens (tertiary/aromatic N) is 2. The standard InChI is InChI=1S/C22H20N4O4/c1-14-20-18(25-24-16-10-12-17(13-11-16)26(28)29)8-5-9-19(20)30-21(14)22(27)23-15-6-3-2-4-7-15/h2-4,6-7,10-13,24H,5,8-9H2,1H3,(H,23,27)/b25-18+. The molecule has 1 aliphatic carbocycles. The van der Waals surface area contributed by atoms with Gasteiger partial charge in [-0.15, -0.1) is 0 Å². The van der Waals surface area contributed by atoms with Crippen LogP contribution in [0.1, 0.15) is 40.3 Å². The van der Waals surface area contributed by atoms with Crippen LogP contribution in [0.5, 0.6) is 0 Å². The smallest absolute Gasteiger partial charge is 0.291 e. The predicted molar refractivity (Wildman–Crippen MR) is 114 cm³/mol. The van der Waals surface area contributed by atoms with E-state index in [9.17, 15) is 14.9 Å². The molecule has 1 heterocycles. The van der Waals surface area contributed by atoms with Crippen LogP contribution in [0, 0.1) is 17.0 Å². The van der Waals surface area contributed by atoms with Crippen molar-refractivity contribution >= 4 is 28.7 Å². The molecule has 152 valence electrons. The molecule has 0 saturated carbocycles. The van der Waals surface area contributed by atoms with Gasteiger partial charge in [-0.2, -0.15) is 5.10 Å². The molecule has 0 aliphatic heterocycles. The van der Waals surface area contributed by atoms with Crippen LogP contribution >= 0.6 is 0 Å². The average Bonchev–Trinajstić information content (AvgIpc) is 3.10. The fourth-order valence-corrected chi connectivity index (χ4v) is 3.50. The summed E-state index contributed by atoms with van der Waals surface area (Å²) in [5.74, 6) is 0.741. The Morgan fingerprint density at radius 1 is 1.07 bits per heavy atom. The van der Waals surface area contributed by atoms with E-state index in [1.165, 1.54) is 12.1 Å². The Bertz CT molecular complexity index is 1120. The van der Waals surface area contributed by atoms with Crippen LogP contribution in [0.3, 0.4) is 0 Å². The molecule has 30 heavy (non-hydrogen) atoms. The van der Waals surface area contributed by atoms with Crippen LogP contribution in [0.15, 0.2) is 64.1 Å². The van der Waals surface area contributed by atoms with Gasteiger partial charge < -0.3 is 9.73 Å². The van der Waals surface area contributed by atoms with Crippen molar-refractivity contribution in [1.29, 1.82) is 0 Å². The first-order chi connectivity index (χ1) is 14.5. The second-order valence-electron chi connectivity index (χ2n) is 7.00. The Kier molecular flexibility index (Phi) is 5.30. The molecule has 8 nitrogen and oxygen atoms in total. The van der Waals surface area contributed by atoms with Gasteiger partial charge in [0.25, 0.3) is 11.6 Å². The molecule has 1 aromatic heterocycles. The number of benzene rings is 2. The third-order valence-electron chi connectivity index (χ3n) is 4.96. The van der Waals surface area contributed by atoms with Gasteiger partial charge >= 0.3 is 0 Å². The summed E-state index contributed by atoms with van der Waals surface area (Å²) in [7, 11) is 0. The lowest BCUT2D eigenvalue weighted by Gasteiger charge is -2.13. The highest BCUT2D eigenvalue weighted by Gasteiger charge is 2.28. The molecular formula is C22H20N4O4. The van der Waals surface area contributed by atoms with Gasteiger partial charge in [0.2, 0.25) is 0 Å². The molecule has 0 unspecified atom stereocenters. The van der Waals surface area contributed by atoms with E-state index in [4.69, 9.17) is 4.42 Å². The van der Waals surface area contributed by atoms with Gasteiger partial charge in [0.05, 0.1) is 16.3 Å². The fraction of sp³-hybridized carbons (Fsp3) is 0.182. The maximum absolute atomic E-state index is 12.7. The number of fused-ring (bicyclic) bond motifs is 1. The van der Waals surface area contributed by atoms with Crippen LogP contribution in [0.25, 0.3) is 0 Å². The number of nitro benzene ring substituents is 1. The number of hydrogen-bond donors (Lipinski definition) is 2. The molecule has 8 heteroatoms. The number of aryl methyl sites for hydroxylation is 1. The SMILES string of the molecule is Cc1c(C(=O)Nc2ccccc2)oc2c1/C(=N/Nc1ccc([N+](=O)[O-])cc1)CCC2. The number of amides is 1. The lowest BCUT2D eigenvalue weighted by Crippen LogP contribution is -2.14. The largest absolute Gasteiger partial charge is 0.455 e. The number of hydrazone groups is 1. The molecule has 4 rings (SSSR count). The van der Waals surface area contributed by atoms with Crippen LogP contribution in [-0.2, 0) is 6.42 Å². The lowest BCUT2D eigenvalue weighted by atomic mass is 9.93. The molecular weight excluding hydrogens is 384 g/mol. The number of carbonyl (C=O) groups is 1. The summed E-state index contributed by atoms with van der Waals surface area (Å²) in [5, 5.41) is 18.1. The Morgan fingerprint density at radius 2 is 1.80 bits per heavy atom. The number of nitro groups is 1. The average molecular weight is 404 g/mol. The minimum absolute atomic E-state index is 0.0212. The number of rotatable bonds is 5. The number of furan rings is 1. The van der Waals surface area contributed by atoms with E-state index in [-0.39, 0.29) is 17.4 Å². The zero-order valence-corrected chi connectivity index (χ0v) is 16.3. The first kappa shape index (κ1) is 19.4. The van der Waals surface area contributed by atoms with Crippen molar-refractivity contribution in [3.63, 3.8) is 0 Å². The van der Waals surface area contributed by atoms with Crippen molar-refractivity contribution in [3.05, 3.63) is 87.4 Å². The summed E-state index contributed by atoms with van der Waals surface area (Å²) >= 11 is 0. The second-order valence-corrected chi connectivity index (χ2v) is 7.00. The van der Waals surface area contributed by atoms with Crippen LogP contribution in [0.2, 0.25) is 0 Å². The van der Waals surface area contributed by atoms with Crippen LogP contribution in [0.4, 0.5) is 17.1 Å². The first-order valence-electron chi connectivity index (χ1n) is 9.59. The summed E-state index contributed by atoms with van der Waals surface area (Å²) in [4.78, 5) is 23.0. The van der Waals surface area contributed by atoms with Crippen LogP contribution < -0.4 is 10.7 Å². The van der Waals surface area contributed by atoms with E-state index in [0.29, 0.717) is 11.4 Å². The van der Waals surface area contributed by atoms with Crippen molar-refractivity contribution in [3.8, 4) is 0 Å². The van der Waals surface area contributed by atoms with E-state index in [2.05, 4.69) is 15.8 Å². The fourth-order valence-electron chi connectivity index (χ4n) is 3.50. The number of para-hydroxylation sites is 1. The van der Waals surface area contributed by atoms with Gasteiger partial charge in [-0.3, -0.25) is 20.3 Å². The van der Waals surface area contributed by atoms with E-state index < -0.39 is 4.92 Å². The van der Waals surface area contributed by atoms with Crippen molar-refractivity contribution < 1.29 is 14.1 Å². The normalized spacial score (nSPS) is 14.2. The molecule has 1 aliphatic rings. The first-order valence-corrected chi connectivity index (χ1v) is 9.59. The topological polar surface area (TPSA) is 110 Å². The van der Waals surface area contributed by atoms with Crippen molar-refractivity contribution in [2.45, 2.75) is 26.2 Å². The van der Waals surface area contributed by atoms with Crippen molar-refractivity contribution in [2.24, 2.45) is 5.10 Å². The maximum Gasteiger partial charge on any atom is 0.291 e. The minimum Gasteiger partial charge on any atom is -0.455 e. The highest BCUT2D eigenvalue weighted by Crippen LogP contribution is 2.30. The second kappa shape index (κ2) is 8.20. The summed E-state index contributed by atoms with van der Waals surface area (Å²) < 4.78 is 5.90. The monoisotopic (exact) mass is 404 g/mol. The molecule has 0 atom stereocenters. The summed E-state index contributed by atoms with van der Waals surface area (Å²) in [6.45, 7) is 1.86. The summed E-state index contributed by atoms with van der Waals surface area (Å²) in [6, 6.07) is 15.3. The number of non-ortho nitro benzene ring substituents is 1. The Hall–Kier alpha value is -3.94.